The van der Waals surface area contributed by atoms with Crippen LogP contribution in [0.1, 0.15) is 22.8 Å². The number of H-pyrrole nitrogens is 4. The Kier molecular flexibility index (Phi) is 4.81. The Hall–Kier alpha value is -5.25. The van der Waals surface area contributed by atoms with Crippen molar-refractivity contribution in [3.63, 3.8) is 0 Å². The number of nitrogens with zero attached hydrogens (tertiary/aromatic N) is 4. The number of aromatic nitrogens is 8. The molecule has 6 N–H and O–H groups in total. The molecule has 0 aromatic carbocycles. The van der Waals surface area contributed by atoms with Crippen LogP contribution in [0, 0.1) is 0 Å². The number of nitrogen functional groups attached to an aromatic ring is 1. The molecule has 5 aromatic heterocycles. The summed E-state index contributed by atoms with van der Waals surface area (Å²) in [5.41, 5.74) is 13.5. The molecule has 0 radical (unpaired) electrons. The van der Waals surface area contributed by atoms with Crippen LogP contribution in [0.3, 0.4) is 0 Å². The average Bonchev–Trinajstić information content (AvgIpc) is 3.63. The molecule has 0 fully saturated rings. The molecule has 8 bridgehead atoms. The minimum atomic E-state index is -0.301. The number of nitrogens with two attached hydrogens (primary N) is 1. The number of hydrogen-bond donors (Lipinski definition) is 5. The van der Waals surface area contributed by atoms with Crippen LogP contribution in [-0.4, -0.2) is 39.9 Å². The molecular weight excluding hydrogens is 442 g/mol. The zero-order chi connectivity index (χ0) is 23.8. The van der Waals surface area contributed by atoms with Gasteiger partial charge in [-0.3, -0.25) is 9.78 Å². The van der Waals surface area contributed by atoms with Crippen molar-refractivity contribution in [1.29, 1.82) is 0 Å². The van der Waals surface area contributed by atoms with E-state index in [1.165, 1.54) is 6.33 Å². The normalized spacial score (nSPS) is 12.0. The molecule has 5 aromatic rings. The molecule has 170 valence electrons. The minimum Gasteiger partial charge on any atom is -0.369 e. The third kappa shape index (κ3) is 4.35. The molecule has 2 aliphatic rings. The Morgan fingerprint density at radius 3 is 1.54 bits per heavy atom. The zero-order valence-electron chi connectivity index (χ0n) is 18.3. The summed E-state index contributed by atoms with van der Waals surface area (Å²) in [4.78, 5) is 39.6. The molecule has 0 aliphatic carbocycles. The van der Waals surface area contributed by atoms with Crippen LogP contribution in [-0.2, 0) is 0 Å². The highest BCUT2D eigenvalue weighted by molar-refractivity contribution is 5.77. The van der Waals surface area contributed by atoms with E-state index in [1.54, 1.807) is 0 Å². The maximum Gasteiger partial charge on any atom is 0.278 e. The third-order valence-electron chi connectivity index (χ3n) is 5.36. The van der Waals surface area contributed by atoms with E-state index in [4.69, 9.17) is 5.73 Å². The molecule has 7 heterocycles. The second-order valence-corrected chi connectivity index (χ2v) is 7.96. The monoisotopic (exact) mass is 461 g/mol. The van der Waals surface area contributed by atoms with Crippen molar-refractivity contribution < 1.29 is 0 Å². The largest absolute Gasteiger partial charge is 0.369 e. The lowest BCUT2D eigenvalue weighted by Gasteiger charge is -1.89. The highest BCUT2D eigenvalue weighted by Gasteiger charge is 2.02. The Morgan fingerprint density at radius 2 is 1.09 bits per heavy atom. The van der Waals surface area contributed by atoms with E-state index in [0.29, 0.717) is 11.2 Å². The molecular formula is C25H19N9O. The molecule has 0 unspecified atom stereocenters. The fraction of sp³-hybridized carbons (Fsp3) is 0. The second-order valence-electron chi connectivity index (χ2n) is 7.96. The molecule has 0 saturated carbocycles. The van der Waals surface area contributed by atoms with E-state index in [2.05, 4.69) is 64.1 Å². The van der Waals surface area contributed by atoms with E-state index in [0.717, 1.165) is 44.8 Å². The van der Waals surface area contributed by atoms with Crippen LogP contribution in [0.25, 0.3) is 57.5 Å². The quantitative estimate of drug-likeness (QED) is 0.230. The molecule has 2 aliphatic heterocycles. The smallest absolute Gasteiger partial charge is 0.278 e. The molecule has 10 nitrogen and oxygen atoms in total. The highest BCUT2D eigenvalue weighted by Crippen LogP contribution is 2.17. The molecule has 0 saturated heterocycles. The first-order valence-corrected chi connectivity index (χ1v) is 10.8. The number of nitrogens with one attached hydrogen (secondary N) is 4. The summed E-state index contributed by atoms with van der Waals surface area (Å²) in [6.45, 7) is 0. The van der Waals surface area contributed by atoms with Gasteiger partial charge in [-0.05, 0) is 72.8 Å². The van der Waals surface area contributed by atoms with E-state index in [1.807, 2.05) is 48.6 Å². The van der Waals surface area contributed by atoms with Gasteiger partial charge >= 0.3 is 0 Å². The van der Waals surface area contributed by atoms with Crippen molar-refractivity contribution in [3.8, 4) is 0 Å². The number of rotatable bonds is 0. The topological polar surface area (TPSA) is 158 Å². The van der Waals surface area contributed by atoms with Gasteiger partial charge in [0, 0.05) is 22.1 Å². The fourth-order valence-electron chi connectivity index (χ4n) is 3.80. The highest BCUT2D eigenvalue weighted by atomic mass is 16.1. The van der Waals surface area contributed by atoms with Crippen molar-refractivity contribution in [1.82, 2.24) is 39.9 Å². The standard InChI is InChI=1S/C20H14N4.C5H5N5O/c1-2-14-10-16-5-6-18(23-16)12-20-8-7-19(24-20)11-17-4-3-15(22-17)9-13(1)21-14;6-5-9-3-2(4(11)10-5)7-1-8-3/h1-12,21,24H;1H,(H4,6,7,8,9,10,11). The van der Waals surface area contributed by atoms with Crippen LogP contribution in [0.2, 0.25) is 0 Å². The maximum atomic E-state index is 11.0. The van der Waals surface area contributed by atoms with Crippen LogP contribution in [0.5, 0.6) is 0 Å². The Labute approximate surface area is 197 Å². The fourth-order valence-corrected chi connectivity index (χ4v) is 3.80. The van der Waals surface area contributed by atoms with E-state index >= 15 is 0 Å². The second kappa shape index (κ2) is 8.27. The third-order valence-corrected chi connectivity index (χ3v) is 5.36. The molecule has 0 spiro atoms. The zero-order valence-corrected chi connectivity index (χ0v) is 18.3. The maximum absolute atomic E-state index is 11.0. The van der Waals surface area contributed by atoms with Gasteiger partial charge in [0.15, 0.2) is 11.2 Å². The van der Waals surface area contributed by atoms with Crippen LogP contribution < -0.4 is 11.3 Å². The summed E-state index contributed by atoms with van der Waals surface area (Å²) >= 11 is 0. The SMILES string of the molecule is C1=Cc2cc3ccc(cc4nc(cc5ccc(cc1n2)[nH]5)C=C4)[nH]3.Nc1nc2nc[nH]c2c(=O)[nH]1. The van der Waals surface area contributed by atoms with Gasteiger partial charge in [0.2, 0.25) is 5.95 Å². The predicted octanol–water partition coefficient (Wildman–Crippen LogP) is 3.88. The first-order valence-electron chi connectivity index (χ1n) is 10.8. The van der Waals surface area contributed by atoms with Gasteiger partial charge in [0.05, 0.1) is 29.1 Å². The van der Waals surface area contributed by atoms with Crippen molar-refractivity contribution >= 4 is 63.5 Å². The predicted molar refractivity (Wildman–Crippen MR) is 138 cm³/mol. The van der Waals surface area contributed by atoms with Gasteiger partial charge in [-0.15, -0.1) is 0 Å². The molecule has 0 amide bonds. The molecule has 7 rings (SSSR count). The van der Waals surface area contributed by atoms with Gasteiger partial charge in [-0.25, -0.2) is 15.0 Å². The van der Waals surface area contributed by atoms with Crippen molar-refractivity contribution in [2.75, 3.05) is 5.73 Å². The van der Waals surface area contributed by atoms with Gasteiger partial charge in [-0.2, -0.15) is 4.98 Å². The lowest BCUT2D eigenvalue weighted by Crippen LogP contribution is -2.10. The number of anilines is 1. The van der Waals surface area contributed by atoms with Crippen LogP contribution >= 0.6 is 0 Å². The van der Waals surface area contributed by atoms with Gasteiger partial charge in [0.1, 0.15) is 0 Å². The Bertz CT molecular complexity index is 1670. The van der Waals surface area contributed by atoms with Crippen molar-refractivity contribution in [2.45, 2.75) is 0 Å². The Balaban J connectivity index is 0.000000174. The van der Waals surface area contributed by atoms with Crippen molar-refractivity contribution in [3.05, 3.63) is 88.0 Å². The lowest BCUT2D eigenvalue weighted by molar-refractivity contribution is 1.17. The summed E-state index contributed by atoms with van der Waals surface area (Å²) in [5, 5.41) is 0. The first-order chi connectivity index (χ1) is 17.1. The Morgan fingerprint density at radius 1 is 0.629 bits per heavy atom. The first kappa shape index (κ1) is 20.4. The van der Waals surface area contributed by atoms with E-state index < -0.39 is 0 Å². The summed E-state index contributed by atoms with van der Waals surface area (Å²) in [6.07, 6.45) is 9.49. The summed E-state index contributed by atoms with van der Waals surface area (Å²) in [7, 11) is 0. The average molecular weight is 461 g/mol. The van der Waals surface area contributed by atoms with Crippen LogP contribution in [0.4, 0.5) is 5.95 Å². The number of aromatic amines is 4. The van der Waals surface area contributed by atoms with Crippen molar-refractivity contribution in [2.24, 2.45) is 0 Å². The summed E-state index contributed by atoms with van der Waals surface area (Å²) in [5.74, 6) is 0.0783. The minimum absolute atomic E-state index is 0.0783. The van der Waals surface area contributed by atoms with Gasteiger partial charge in [0.25, 0.3) is 5.56 Å². The number of imidazole rings is 1. The van der Waals surface area contributed by atoms with E-state index in [-0.39, 0.29) is 11.5 Å². The molecule has 10 heteroatoms. The molecule has 0 atom stereocenters. The van der Waals surface area contributed by atoms with E-state index in [9.17, 15) is 4.79 Å². The number of fused-ring (bicyclic) bond motifs is 9. The summed E-state index contributed by atoms with van der Waals surface area (Å²) in [6, 6.07) is 16.4. The summed E-state index contributed by atoms with van der Waals surface area (Å²) < 4.78 is 0. The number of hydrogen-bond acceptors (Lipinski definition) is 6. The van der Waals surface area contributed by atoms with Gasteiger partial charge < -0.3 is 20.7 Å². The molecule has 35 heavy (non-hydrogen) atoms. The van der Waals surface area contributed by atoms with Gasteiger partial charge in [-0.1, -0.05) is 0 Å². The lowest BCUT2D eigenvalue weighted by atomic mass is 10.3. The van der Waals surface area contributed by atoms with Crippen LogP contribution in [0.15, 0.2) is 59.7 Å².